The second kappa shape index (κ2) is 77.6. The van der Waals surface area contributed by atoms with Gasteiger partial charge in [-0.15, -0.1) is 0 Å². The van der Waals surface area contributed by atoms with Crippen LogP contribution in [0, 0.1) is 0 Å². The Morgan fingerprint density at radius 2 is 0.534 bits per heavy atom. The maximum Gasteiger partial charge on any atom is 0.472 e. The molecular weight excluding hydrogens is 1340 g/mol. The molecular formula is C85H148O16P2. The number of aliphatic hydroxyl groups is 2. The Morgan fingerprint density at radius 3 is 0.893 bits per heavy atom. The summed E-state index contributed by atoms with van der Waals surface area (Å²) < 4.78 is 61.0. The van der Waals surface area contributed by atoms with Gasteiger partial charge in [-0.2, -0.15) is 0 Å². The minimum Gasteiger partial charge on any atom is -0.463 e. The van der Waals surface area contributed by atoms with Gasteiger partial charge in [0.2, 0.25) is 0 Å². The lowest BCUT2D eigenvalue weighted by Gasteiger charge is -2.21. The first kappa shape index (κ1) is 98.9. The quantitative estimate of drug-likeness (QED) is 0.0146. The largest absolute Gasteiger partial charge is 0.472 e. The Kier molecular flexibility index (Phi) is 74.5. The molecule has 18 heteroatoms. The first-order valence-electron chi connectivity index (χ1n) is 40.8. The highest BCUT2D eigenvalue weighted by molar-refractivity contribution is 7.47. The van der Waals surface area contributed by atoms with E-state index in [2.05, 4.69) is 124 Å². The lowest BCUT2D eigenvalue weighted by atomic mass is 10.0. The highest BCUT2D eigenvalue weighted by Gasteiger charge is 2.29. The number of aliphatic hydroxyl groups excluding tert-OH is 2. The molecule has 594 valence electrons. The fourth-order valence-corrected chi connectivity index (χ4v) is 12.6. The van der Waals surface area contributed by atoms with Crippen LogP contribution in [0.2, 0.25) is 0 Å². The summed E-state index contributed by atoms with van der Waals surface area (Å²) in [4.78, 5) is 58.5. The second-order valence-corrected chi connectivity index (χ2v) is 30.1. The minimum absolute atomic E-state index is 0.0457. The van der Waals surface area contributed by atoms with Gasteiger partial charge in [0.05, 0.1) is 26.4 Å². The Morgan fingerprint density at radius 1 is 0.282 bits per heavy atom. The smallest absolute Gasteiger partial charge is 0.463 e. The van der Waals surface area contributed by atoms with Crippen molar-refractivity contribution in [3.63, 3.8) is 0 Å². The SMILES string of the molecule is CC/C=C\C/C=C\C/C=C\C/C=C\C/C=C\C/C=C\CCC(=O)OCC(COP(=O)(O)OCC(O)COP(=O)(O)OCC(O)COC(=O)CCCCCCCCCCCCCCCCCCCCC/C=C\C/C=C\C/C=C\C/C=C\CCCCC)OC(=O)CCCCCCCCCCCCCCC. The standard InChI is InChI=1S/C85H148O16P2/c1-4-7-10-13-16-19-22-25-27-29-31-32-33-34-35-36-37-38-39-40-41-42-43-44-45-46-48-50-51-54-56-59-62-65-68-71-83(88)95-74-80(86)75-97-102(91,92)98-76-81(87)77-99-103(93,94)100-79-82(101-85(90)73-70-67-64-61-58-53-24-21-18-15-12-9-6-3)78-96-84(89)72-69-66-63-60-57-55-52-49-47-30-28-26-23-20-17-14-11-8-5-2/h8,11,16-17,19-20,25-28,31-32,34-35,47,49,55,57,63,66,80-82,86-87H,4-7,9-10,12-15,18,21-24,29-30,33,36-46,48,50-54,56,58-62,64-65,67-79H2,1-3H3,(H,91,92)(H,93,94)/b11-8-,19-16-,20-17-,27-25-,28-26-,32-31-,35-34-,49-47-,57-55-,66-63-. The van der Waals surface area contributed by atoms with E-state index in [0.29, 0.717) is 25.7 Å². The number of hydrogen-bond donors (Lipinski definition) is 4. The van der Waals surface area contributed by atoms with Crippen LogP contribution in [0.3, 0.4) is 0 Å². The molecule has 5 atom stereocenters. The lowest BCUT2D eigenvalue weighted by molar-refractivity contribution is -0.161. The van der Waals surface area contributed by atoms with Gasteiger partial charge in [-0.3, -0.25) is 32.5 Å². The summed E-state index contributed by atoms with van der Waals surface area (Å²) in [6.07, 6.45) is 92.9. The van der Waals surface area contributed by atoms with Crippen LogP contribution >= 0.6 is 15.6 Å². The number of carbonyl (C=O) groups is 3. The molecule has 0 saturated carbocycles. The van der Waals surface area contributed by atoms with Gasteiger partial charge >= 0.3 is 33.6 Å². The van der Waals surface area contributed by atoms with Crippen molar-refractivity contribution in [3.8, 4) is 0 Å². The van der Waals surface area contributed by atoms with E-state index < -0.39 is 91.5 Å². The number of carbonyl (C=O) groups excluding carboxylic acids is 3. The first-order valence-corrected chi connectivity index (χ1v) is 43.8. The fourth-order valence-electron chi connectivity index (χ4n) is 11.0. The summed E-state index contributed by atoms with van der Waals surface area (Å²) in [6.45, 7) is 2.47. The Balaban J connectivity index is 4.39. The predicted octanol–water partition coefficient (Wildman–Crippen LogP) is 24.1. The van der Waals surface area contributed by atoms with E-state index in [9.17, 15) is 43.5 Å². The van der Waals surface area contributed by atoms with Crippen molar-refractivity contribution in [1.82, 2.24) is 0 Å². The molecule has 0 spiro atoms. The minimum atomic E-state index is -4.94. The van der Waals surface area contributed by atoms with E-state index in [-0.39, 0.29) is 19.3 Å². The van der Waals surface area contributed by atoms with Crippen molar-refractivity contribution in [2.45, 2.75) is 360 Å². The summed E-state index contributed by atoms with van der Waals surface area (Å²) in [6, 6.07) is 0. The molecule has 0 radical (unpaired) electrons. The van der Waals surface area contributed by atoms with Crippen LogP contribution in [0.4, 0.5) is 0 Å². The number of phosphoric acid groups is 2. The fraction of sp³-hybridized carbons (Fsp3) is 0.729. The van der Waals surface area contributed by atoms with Gasteiger partial charge in [0.1, 0.15) is 25.4 Å². The van der Waals surface area contributed by atoms with E-state index in [1.807, 2.05) is 18.2 Å². The molecule has 0 rings (SSSR count). The van der Waals surface area contributed by atoms with Crippen LogP contribution in [-0.2, 0) is 55.8 Å². The van der Waals surface area contributed by atoms with E-state index in [1.54, 1.807) is 0 Å². The molecule has 0 bridgehead atoms. The average molecular weight is 1490 g/mol. The normalized spacial score (nSPS) is 14.6. The first-order chi connectivity index (χ1) is 50.2. The van der Waals surface area contributed by atoms with Gasteiger partial charge in [-0.05, 0) is 103 Å². The molecule has 0 aromatic carbocycles. The van der Waals surface area contributed by atoms with Crippen LogP contribution in [0.25, 0.3) is 0 Å². The topological polar surface area (TPSA) is 231 Å². The van der Waals surface area contributed by atoms with E-state index >= 15 is 0 Å². The zero-order chi connectivity index (χ0) is 75.2. The Labute approximate surface area is 627 Å². The lowest BCUT2D eigenvalue weighted by Crippen LogP contribution is -2.30. The van der Waals surface area contributed by atoms with Crippen LogP contribution in [0.15, 0.2) is 122 Å². The summed E-state index contributed by atoms with van der Waals surface area (Å²) >= 11 is 0. The molecule has 0 aromatic heterocycles. The number of rotatable bonds is 77. The maximum atomic E-state index is 12.9. The number of ether oxygens (including phenoxy) is 3. The van der Waals surface area contributed by atoms with Crippen LogP contribution in [0.5, 0.6) is 0 Å². The number of phosphoric ester groups is 2. The summed E-state index contributed by atoms with van der Waals surface area (Å²) in [5.74, 6) is -1.66. The summed E-state index contributed by atoms with van der Waals surface area (Å²) in [5, 5.41) is 20.6. The zero-order valence-electron chi connectivity index (χ0n) is 65.0. The van der Waals surface area contributed by atoms with Crippen molar-refractivity contribution in [1.29, 1.82) is 0 Å². The zero-order valence-corrected chi connectivity index (χ0v) is 66.7. The molecule has 0 fully saturated rings. The summed E-state index contributed by atoms with van der Waals surface area (Å²) in [5.41, 5.74) is 0. The van der Waals surface area contributed by atoms with Gasteiger partial charge in [0.25, 0.3) is 0 Å². The van der Waals surface area contributed by atoms with E-state index in [4.69, 9.17) is 32.3 Å². The third-order valence-electron chi connectivity index (χ3n) is 17.2. The second-order valence-electron chi connectivity index (χ2n) is 27.2. The van der Waals surface area contributed by atoms with Gasteiger partial charge in [-0.25, -0.2) is 9.13 Å². The van der Waals surface area contributed by atoms with Gasteiger partial charge in [-0.1, -0.05) is 341 Å². The third-order valence-corrected chi connectivity index (χ3v) is 19.1. The highest BCUT2D eigenvalue weighted by Crippen LogP contribution is 2.45. The highest BCUT2D eigenvalue weighted by atomic mass is 31.2. The molecule has 0 aromatic rings. The average Bonchev–Trinajstić information content (AvgIpc) is 0.946. The van der Waals surface area contributed by atoms with Crippen molar-refractivity contribution in [2.24, 2.45) is 0 Å². The molecule has 103 heavy (non-hydrogen) atoms. The van der Waals surface area contributed by atoms with Crippen LogP contribution in [-0.4, -0.2) is 95.9 Å². The van der Waals surface area contributed by atoms with Crippen molar-refractivity contribution in [3.05, 3.63) is 122 Å². The van der Waals surface area contributed by atoms with Gasteiger partial charge in [0, 0.05) is 19.3 Å². The van der Waals surface area contributed by atoms with Crippen LogP contribution < -0.4 is 0 Å². The maximum absolute atomic E-state index is 12.9. The molecule has 0 amide bonds. The molecule has 0 aliphatic rings. The number of esters is 3. The third kappa shape index (κ3) is 78.8. The molecule has 0 aliphatic carbocycles. The van der Waals surface area contributed by atoms with Crippen molar-refractivity contribution < 1.29 is 75.8 Å². The summed E-state index contributed by atoms with van der Waals surface area (Å²) in [7, 11) is -9.80. The molecule has 16 nitrogen and oxygen atoms in total. The molecule has 0 heterocycles. The number of hydrogen-bond acceptors (Lipinski definition) is 14. The molecule has 0 aliphatic heterocycles. The molecule has 0 saturated heterocycles. The molecule has 5 unspecified atom stereocenters. The van der Waals surface area contributed by atoms with E-state index in [1.165, 1.54) is 180 Å². The van der Waals surface area contributed by atoms with Crippen molar-refractivity contribution >= 4 is 33.6 Å². The van der Waals surface area contributed by atoms with E-state index in [0.717, 1.165) is 96.3 Å². The number of unbranched alkanes of at least 4 members (excludes halogenated alkanes) is 34. The Bertz CT molecular complexity index is 2360. The number of allylic oxidation sites excluding steroid dienone is 20. The Hall–Kier alpha value is -4.05. The molecule has 4 N–H and O–H groups in total. The van der Waals surface area contributed by atoms with Gasteiger partial charge in [0.15, 0.2) is 6.10 Å². The van der Waals surface area contributed by atoms with Crippen LogP contribution in [0.1, 0.15) is 342 Å². The predicted molar refractivity (Wildman–Crippen MR) is 427 cm³/mol. The monoisotopic (exact) mass is 1490 g/mol. The van der Waals surface area contributed by atoms with Crippen molar-refractivity contribution in [2.75, 3.05) is 39.6 Å². The van der Waals surface area contributed by atoms with Gasteiger partial charge < -0.3 is 34.2 Å².